The van der Waals surface area contributed by atoms with E-state index in [1.165, 1.54) is 11.3 Å². The topological polar surface area (TPSA) is 36.9 Å². The Labute approximate surface area is 122 Å². The first-order chi connectivity index (χ1) is 9.58. The van der Waals surface area contributed by atoms with Crippen molar-refractivity contribution in [2.75, 3.05) is 19.0 Å². The van der Waals surface area contributed by atoms with Crippen LogP contribution < -0.4 is 4.90 Å². The van der Waals surface area contributed by atoms with Crippen molar-refractivity contribution >= 4 is 29.1 Å². The fraction of sp³-hybridized carbons (Fsp3) is 0.200. The Morgan fingerprint density at radius 3 is 2.80 bits per heavy atom. The minimum Gasteiger partial charge on any atom is -0.377 e. The number of aromatic nitrogens is 3. The quantitative estimate of drug-likeness (QED) is 0.732. The third kappa shape index (κ3) is 2.00. The van der Waals surface area contributed by atoms with E-state index in [0.29, 0.717) is 4.77 Å². The lowest BCUT2D eigenvalue weighted by Crippen LogP contribution is -2.11. The monoisotopic (exact) mass is 284 g/mol. The molecule has 0 bridgehead atoms. The summed E-state index contributed by atoms with van der Waals surface area (Å²) in [5, 5.41) is 0. The van der Waals surface area contributed by atoms with Crippen molar-refractivity contribution in [2.24, 2.45) is 0 Å². The van der Waals surface area contributed by atoms with Crippen LogP contribution in [0.5, 0.6) is 0 Å². The van der Waals surface area contributed by atoms with Crippen LogP contribution in [0.3, 0.4) is 0 Å². The maximum absolute atomic E-state index is 5.43. The molecule has 3 aromatic rings. The zero-order valence-electron chi connectivity index (χ0n) is 11.7. The first kappa shape index (κ1) is 12.9. The highest BCUT2D eigenvalue weighted by Gasteiger charge is 2.09. The van der Waals surface area contributed by atoms with Gasteiger partial charge in [-0.3, -0.25) is 4.57 Å². The molecule has 20 heavy (non-hydrogen) atoms. The SMILES string of the molecule is Cc1ccc(-n2c(=S)[nH]c3cccnc32)cc1N(C)C. The van der Waals surface area contributed by atoms with E-state index in [4.69, 9.17) is 12.2 Å². The highest BCUT2D eigenvalue weighted by Crippen LogP contribution is 2.24. The molecule has 0 unspecified atom stereocenters. The van der Waals surface area contributed by atoms with E-state index in [9.17, 15) is 0 Å². The molecule has 0 aliphatic heterocycles. The molecule has 102 valence electrons. The number of pyridine rings is 1. The highest BCUT2D eigenvalue weighted by molar-refractivity contribution is 7.71. The molecule has 0 aliphatic carbocycles. The molecular formula is C15H16N4S. The lowest BCUT2D eigenvalue weighted by Gasteiger charge is -2.17. The molecule has 0 spiro atoms. The van der Waals surface area contributed by atoms with Crippen molar-refractivity contribution in [3.8, 4) is 5.69 Å². The van der Waals surface area contributed by atoms with Crippen LogP contribution in [0.1, 0.15) is 5.56 Å². The van der Waals surface area contributed by atoms with Gasteiger partial charge in [-0.2, -0.15) is 0 Å². The Morgan fingerprint density at radius 1 is 1.25 bits per heavy atom. The number of anilines is 1. The molecule has 0 saturated carbocycles. The Hall–Kier alpha value is -2.14. The van der Waals surface area contributed by atoms with Crippen LogP contribution in [0, 0.1) is 11.7 Å². The van der Waals surface area contributed by atoms with Gasteiger partial charge in [-0.15, -0.1) is 0 Å². The van der Waals surface area contributed by atoms with E-state index < -0.39 is 0 Å². The van der Waals surface area contributed by atoms with Crippen molar-refractivity contribution in [1.29, 1.82) is 0 Å². The maximum atomic E-state index is 5.43. The zero-order valence-corrected chi connectivity index (χ0v) is 12.5. The van der Waals surface area contributed by atoms with Gasteiger partial charge in [0.05, 0.1) is 11.2 Å². The second kappa shape index (κ2) is 4.76. The van der Waals surface area contributed by atoms with Crippen LogP contribution in [0.2, 0.25) is 0 Å². The largest absolute Gasteiger partial charge is 0.377 e. The summed E-state index contributed by atoms with van der Waals surface area (Å²) in [6, 6.07) is 10.2. The van der Waals surface area contributed by atoms with Gasteiger partial charge >= 0.3 is 0 Å². The average molecular weight is 284 g/mol. The van der Waals surface area contributed by atoms with Gasteiger partial charge in [0.1, 0.15) is 0 Å². The van der Waals surface area contributed by atoms with Crippen molar-refractivity contribution < 1.29 is 0 Å². The molecule has 0 saturated heterocycles. The van der Waals surface area contributed by atoms with Crippen LogP contribution in [-0.2, 0) is 0 Å². The smallest absolute Gasteiger partial charge is 0.183 e. The van der Waals surface area contributed by atoms with E-state index in [1.807, 2.05) is 30.8 Å². The Kier molecular flexibility index (Phi) is 3.06. The maximum Gasteiger partial charge on any atom is 0.183 e. The molecule has 2 heterocycles. The number of rotatable bonds is 2. The second-order valence-corrected chi connectivity index (χ2v) is 5.39. The molecule has 4 nitrogen and oxygen atoms in total. The summed E-state index contributed by atoms with van der Waals surface area (Å²) in [7, 11) is 4.08. The van der Waals surface area contributed by atoms with E-state index >= 15 is 0 Å². The molecular weight excluding hydrogens is 268 g/mol. The number of fused-ring (bicyclic) bond motifs is 1. The Morgan fingerprint density at radius 2 is 2.05 bits per heavy atom. The predicted octanol–water partition coefficient (Wildman–Crippen LogP) is 3.46. The number of H-pyrrole nitrogens is 1. The van der Waals surface area contributed by atoms with Gasteiger partial charge in [0.25, 0.3) is 0 Å². The predicted molar refractivity (Wildman–Crippen MR) is 85.3 cm³/mol. The van der Waals surface area contributed by atoms with Crippen molar-refractivity contribution in [3.63, 3.8) is 0 Å². The minimum absolute atomic E-state index is 0.659. The summed E-state index contributed by atoms with van der Waals surface area (Å²) in [5.74, 6) is 0. The minimum atomic E-state index is 0.659. The second-order valence-electron chi connectivity index (χ2n) is 5.01. The van der Waals surface area contributed by atoms with Gasteiger partial charge < -0.3 is 9.88 Å². The number of aromatic amines is 1. The van der Waals surface area contributed by atoms with Crippen LogP contribution in [0.15, 0.2) is 36.5 Å². The number of benzene rings is 1. The summed E-state index contributed by atoms with van der Waals surface area (Å²) in [4.78, 5) is 9.72. The molecule has 0 amide bonds. The number of hydrogen-bond donors (Lipinski definition) is 1. The van der Waals surface area contributed by atoms with Crippen LogP contribution >= 0.6 is 12.2 Å². The molecule has 2 aromatic heterocycles. The highest BCUT2D eigenvalue weighted by atomic mass is 32.1. The van der Waals surface area contributed by atoms with Crippen molar-refractivity contribution in [3.05, 3.63) is 46.9 Å². The molecule has 1 aromatic carbocycles. The van der Waals surface area contributed by atoms with E-state index in [-0.39, 0.29) is 0 Å². The summed E-state index contributed by atoms with van der Waals surface area (Å²) >= 11 is 5.43. The number of hydrogen-bond acceptors (Lipinski definition) is 3. The zero-order chi connectivity index (χ0) is 14.3. The number of aryl methyl sites for hydroxylation is 1. The molecule has 0 fully saturated rings. The molecule has 1 N–H and O–H groups in total. The summed E-state index contributed by atoms with van der Waals surface area (Å²) in [6.45, 7) is 2.10. The van der Waals surface area contributed by atoms with Gasteiger partial charge in [0.2, 0.25) is 0 Å². The summed E-state index contributed by atoms with van der Waals surface area (Å²) in [5.41, 5.74) is 5.23. The standard InChI is InChI=1S/C15H16N4S/c1-10-6-7-11(9-13(10)18(2)3)19-14-12(17-15(19)20)5-4-8-16-14/h4-9H,1-3H3,(H,17,20). The van der Waals surface area contributed by atoms with Gasteiger partial charge in [-0.1, -0.05) is 6.07 Å². The van der Waals surface area contributed by atoms with Crippen molar-refractivity contribution in [1.82, 2.24) is 14.5 Å². The number of nitrogens with one attached hydrogen (secondary N) is 1. The van der Waals surface area contributed by atoms with Crippen LogP contribution in [0.25, 0.3) is 16.9 Å². The molecule has 5 heteroatoms. The fourth-order valence-corrected chi connectivity index (χ4v) is 2.70. The summed E-state index contributed by atoms with van der Waals surface area (Å²) in [6.07, 6.45) is 1.78. The van der Waals surface area contributed by atoms with Gasteiger partial charge in [0, 0.05) is 26.0 Å². The average Bonchev–Trinajstić information content (AvgIpc) is 2.75. The van der Waals surface area contributed by atoms with E-state index in [0.717, 1.165) is 16.9 Å². The first-order valence-electron chi connectivity index (χ1n) is 6.42. The third-order valence-electron chi connectivity index (χ3n) is 3.38. The summed E-state index contributed by atoms with van der Waals surface area (Å²) < 4.78 is 2.63. The number of imidazole rings is 1. The fourth-order valence-electron chi connectivity index (χ4n) is 2.40. The molecule has 0 radical (unpaired) electrons. The normalized spacial score (nSPS) is 10.9. The first-order valence-corrected chi connectivity index (χ1v) is 6.83. The van der Waals surface area contributed by atoms with Gasteiger partial charge in [-0.25, -0.2) is 4.98 Å². The Bertz CT molecular complexity index is 829. The van der Waals surface area contributed by atoms with E-state index in [1.54, 1.807) is 6.20 Å². The lowest BCUT2D eigenvalue weighted by molar-refractivity contribution is 1.03. The van der Waals surface area contributed by atoms with Crippen molar-refractivity contribution in [2.45, 2.75) is 6.92 Å². The Balaban J connectivity index is 2.29. The third-order valence-corrected chi connectivity index (χ3v) is 3.66. The lowest BCUT2D eigenvalue weighted by atomic mass is 10.1. The van der Waals surface area contributed by atoms with Gasteiger partial charge in [-0.05, 0) is 49.0 Å². The van der Waals surface area contributed by atoms with Crippen LogP contribution in [-0.4, -0.2) is 28.6 Å². The van der Waals surface area contributed by atoms with Crippen LogP contribution in [0.4, 0.5) is 5.69 Å². The molecule has 3 rings (SSSR count). The number of nitrogens with zero attached hydrogens (tertiary/aromatic N) is 3. The molecule has 0 atom stereocenters. The van der Waals surface area contributed by atoms with Gasteiger partial charge in [0.15, 0.2) is 10.4 Å². The van der Waals surface area contributed by atoms with E-state index in [2.05, 4.69) is 40.0 Å². The molecule has 0 aliphatic rings.